The number of aromatic nitrogens is 1. The molecule has 0 atom stereocenters. The first kappa shape index (κ1) is 13.0. The highest BCUT2D eigenvalue weighted by Crippen LogP contribution is 2.36. The molecule has 1 N–H and O–H groups in total. The van der Waals surface area contributed by atoms with Gasteiger partial charge in [-0.1, -0.05) is 23.2 Å². The fourth-order valence-electron chi connectivity index (χ4n) is 1.57. The first-order chi connectivity index (χ1) is 8.61. The van der Waals surface area contributed by atoms with Gasteiger partial charge in [0.1, 0.15) is 11.5 Å². The number of nitrogens with zero attached hydrogens (tertiary/aromatic N) is 1. The molecule has 0 aliphatic heterocycles. The van der Waals surface area contributed by atoms with Crippen LogP contribution in [0.15, 0.2) is 30.6 Å². The van der Waals surface area contributed by atoms with Crippen LogP contribution in [0.4, 0.5) is 0 Å². The summed E-state index contributed by atoms with van der Waals surface area (Å²) < 4.78 is 5.37. The molecule has 1 aromatic carbocycles. The van der Waals surface area contributed by atoms with Crippen molar-refractivity contribution in [3.63, 3.8) is 0 Å². The molecular weight excluding hydrogens is 273 g/mol. The number of phenolic OH excluding ortho intramolecular Hbond substituents is 1. The minimum absolute atomic E-state index is 0.0423. The molecule has 0 saturated carbocycles. The minimum Gasteiger partial charge on any atom is -0.506 e. The van der Waals surface area contributed by atoms with Crippen LogP contribution in [0.2, 0.25) is 10.0 Å². The Hall–Kier alpha value is -1.45. The highest BCUT2D eigenvalue weighted by atomic mass is 35.5. The van der Waals surface area contributed by atoms with Crippen LogP contribution in [0, 0.1) is 0 Å². The lowest BCUT2D eigenvalue weighted by molar-refractivity contribution is 0.339. The normalized spacial score (nSPS) is 10.4. The van der Waals surface area contributed by atoms with Crippen LogP contribution in [-0.2, 0) is 0 Å². The Morgan fingerprint density at radius 2 is 1.94 bits per heavy atom. The summed E-state index contributed by atoms with van der Waals surface area (Å²) in [6, 6.07) is 4.84. The van der Waals surface area contributed by atoms with Gasteiger partial charge in [-0.25, -0.2) is 0 Å². The van der Waals surface area contributed by atoms with E-state index in [9.17, 15) is 5.11 Å². The van der Waals surface area contributed by atoms with Gasteiger partial charge in [0, 0.05) is 23.4 Å². The molecule has 1 aromatic heterocycles. The number of ether oxygens (including phenoxy) is 1. The van der Waals surface area contributed by atoms with Gasteiger partial charge in [0.25, 0.3) is 0 Å². The van der Waals surface area contributed by atoms with E-state index in [1.165, 1.54) is 6.07 Å². The maximum absolute atomic E-state index is 9.45. The van der Waals surface area contributed by atoms with Crippen LogP contribution in [0.5, 0.6) is 11.5 Å². The lowest BCUT2D eigenvalue weighted by atomic mass is 10.1. The maximum atomic E-state index is 9.45. The Balaban J connectivity index is 2.48. The van der Waals surface area contributed by atoms with Crippen LogP contribution < -0.4 is 4.74 Å². The Kier molecular flexibility index (Phi) is 3.94. The average Bonchev–Trinajstić information content (AvgIpc) is 2.34. The summed E-state index contributed by atoms with van der Waals surface area (Å²) in [7, 11) is 0. The number of hydrogen-bond donors (Lipinski definition) is 1. The Morgan fingerprint density at radius 3 is 2.67 bits per heavy atom. The highest BCUT2D eigenvalue weighted by Gasteiger charge is 2.09. The predicted octanol–water partition coefficient (Wildman–Crippen LogP) is 4.16. The molecule has 3 nitrogen and oxygen atoms in total. The molecule has 0 unspecified atom stereocenters. The number of rotatable bonds is 3. The molecule has 94 valence electrons. The van der Waals surface area contributed by atoms with Crippen molar-refractivity contribution in [2.45, 2.75) is 6.92 Å². The van der Waals surface area contributed by atoms with E-state index in [1.807, 2.05) is 13.0 Å². The summed E-state index contributed by atoms with van der Waals surface area (Å²) in [5.74, 6) is 0.620. The SMILES string of the molecule is CCOc1cncc(-c2cc(Cl)c(O)cc2Cl)c1. The van der Waals surface area contributed by atoms with Gasteiger partial charge in [-0.05, 0) is 19.1 Å². The number of aromatic hydroxyl groups is 1. The molecule has 0 radical (unpaired) electrons. The van der Waals surface area contributed by atoms with Crippen LogP contribution in [0.1, 0.15) is 6.92 Å². The van der Waals surface area contributed by atoms with Crippen LogP contribution in [-0.4, -0.2) is 16.7 Å². The van der Waals surface area contributed by atoms with Crippen molar-refractivity contribution < 1.29 is 9.84 Å². The molecule has 0 spiro atoms. The van der Waals surface area contributed by atoms with E-state index in [-0.39, 0.29) is 10.8 Å². The second-order valence-electron chi connectivity index (χ2n) is 3.63. The molecule has 0 amide bonds. The first-order valence-corrected chi connectivity index (χ1v) is 6.13. The highest BCUT2D eigenvalue weighted by molar-refractivity contribution is 6.36. The summed E-state index contributed by atoms with van der Waals surface area (Å²) in [5.41, 5.74) is 1.49. The van der Waals surface area contributed by atoms with Gasteiger partial charge in [-0.3, -0.25) is 4.98 Å². The third-order valence-corrected chi connectivity index (χ3v) is 2.99. The zero-order chi connectivity index (χ0) is 13.1. The molecule has 0 saturated heterocycles. The Morgan fingerprint density at radius 1 is 1.17 bits per heavy atom. The van der Waals surface area contributed by atoms with Crippen LogP contribution in [0.25, 0.3) is 11.1 Å². The van der Waals surface area contributed by atoms with Gasteiger partial charge in [0.15, 0.2) is 0 Å². The van der Waals surface area contributed by atoms with E-state index < -0.39 is 0 Å². The van der Waals surface area contributed by atoms with Crippen molar-refractivity contribution in [1.82, 2.24) is 4.98 Å². The van der Waals surface area contributed by atoms with Gasteiger partial charge < -0.3 is 9.84 Å². The molecule has 1 heterocycles. The monoisotopic (exact) mass is 283 g/mol. The molecular formula is C13H11Cl2NO2. The summed E-state index contributed by atoms with van der Waals surface area (Å²) >= 11 is 12.0. The molecule has 0 fully saturated rings. The molecule has 2 aromatic rings. The smallest absolute Gasteiger partial charge is 0.138 e. The maximum Gasteiger partial charge on any atom is 0.138 e. The van der Waals surface area contributed by atoms with E-state index in [2.05, 4.69) is 4.98 Å². The Bertz CT molecular complexity index is 573. The van der Waals surface area contributed by atoms with Crippen molar-refractivity contribution in [2.75, 3.05) is 6.61 Å². The number of pyridine rings is 1. The summed E-state index contributed by atoms with van der Waals surface area (Å²) in [4.78, 5) is 4.08. The van der Waals surface area contributed by atoms with E-state index in [0.717, 1.165) is 5.56 Å². The quantitative estimate of drug-likeness (QED) is 0.920. The van der Waals surface area contributed by atoms with Gasteiger partial charge >= 0.3 is 0 Å². The zero-order valence-corrected chi connectivity index (χ0v) is 11.2. The first-order valence-electron chi connectivity index (χ1n) is 5.38. The van der Waals surface area contributed by atoms with Crippen molar-refractivity contribution >= 4 is 23.2 Å². The molecule has 0 aliphatic carbocycles. The van der Waals surface area contributed by atoms with Gasteiger partial charge in [0.2, 0.25) is 0 Å². The number of phenols is 1. The standard InChI is InChI=1S/C13H11Cl2NO2/c1-2-18-9-3-8(6-16-7-9)10-4-12(15)13(17)5-11(10)14/h3-7,17H,2H2,1H3. The van der Waals surface area contributed by atoms with Gasteiger partial charge in [-0.2, -0.15) is 0 Å². The fourth-order valence-corrected chi connectivity index (χ4v) is 2.00. The van der Waals surface area contributed by atoms with Crippen molar-refractivity contribution in [2.24, 2.45) is 0 Å². The van der Waals surface area contributed by atoms with Crippen LogP contribution in [0.3, 0.4) is 0 Å². The van der Waals surface area contributed by atoms with Gasteiger partial charge in [0.05, 0.1) is 22.8 Å². The third-order valence-electron chi connectivity index (χ3n) is 2.37. The summed E-state index contributed by atoms with van der Waals surface area (Å²) in [6.07, 6.45) is 3.29. The zero-order valence-electron chi connectivity index (χ0n) is 9.65. The molecule has 18 heavy (non-hydrogen) atoms. The molecule has 0 bridgehead atoms. The fraction of sp³-hybridized carbons (Fsp3) is 0.154. The van der Waals surface area contributed by atoms with E-state index in [1.54, 1.807) is 18.5 Å². The largest absolute Gasteiger partial charge is 0.506 e. The summed E-state index contributed by atoms with van der Waals surface area (Å²) in [5, 5.41) is 10.1. The van der Waals surface area contributed by atoms with Gasteiger partial charge in [-0.15, -0.1) is 0 Å². The summed E-state index contributed by atoms with van der Waals surface area (Å²) in [6.45, 7) is 2.46. The second-order valence-corrected chi connectivity index (χ2v) is 4.44. The third kappa shape index (κ3) is 2.68. The Labute approximate surface area is 115 Å². The number of benzene rings is 1. The van der Waals surface area contributed by atoms with E-state index >= 15 is 0 Å². The number of halogens is 2. The number of hydrogen-bond acceptors (Lipinski definition) is 3. The van der Waals surface area contributed by atoms with Crippen molar-refractivity contribution in [3.05, 3.63) is 40.6 Å². The average molecular weight is 284 g/mol. The van der Waals surface area contributed by atoms with Crippen molar-refractivity contribution in [3.8, 4) is 22.6 Å². The van der Waals surface area contributed by atoms with E-state index in [0.29, 0.717) is 22.9 Å². The minimum atomic E-state index is -0.0423. The van der Waals surface area contributed by atoms with E-state index in [4.69, 9.17) is 27.9 Å². The lowest BCUT2D eigenvalue weighted by Crippen LogP contribution is -1.92. The molecule has 2 rings (SSSR count). The van der Waals surface area contributed by atoms with Crippen LogP contribution >= 0.6 is 23.2 Å². The topological polar surface area (TPSA) is 42.4 Å². The van der Waals surface area contributed by atoms with Crippen molar-refractivity contribution in [1.29, 1.82) is 0 Å². The lowest BCUT2D eigenvalue weighted by Gasteiger charge is -2.08. The molecule has 0 aliphatic rings. The second kappa shape index (κ2) is 5.46. The molecule has 5 heteroatoms. The predicted molar refractivity (Wildman–Crippen MR) is 72.5 cm³/mol.